The fourth-order valence-corrected chi connectivity index (χ4v) is 2.74. The Hall–Kier alpha value is -1.86. The molecule has 1 amide bonds. The largest absolute Gasteiger partial charge is 0.487 e. The Bertz CT molecular complexity index is 562. The van der Waals surface area contributed by atoms with E-state index in [1.54, 1.807) is 13.0 Å². The summed E-state index contributed by atoms with van der Waals surface area (Å²) in [5.74, 6) is 0.473. The van der Waals surface area contributed by atoms with Gasteiger partial charge in [-0.15, -0.1) is 12.4 Å². The van der Waals surface area contributed by atoms with Crippen LogP contribution in [0, 0.1) is 16.0 Å². The molecule has 0 bridgehead atoms. The summed E-state index contributed by atoms with van der Waals surface area (Å²) in [6.45, 7) is 4.72. The molecule has 1 unspecified atom stereocenters. The molecule has 1 fully saturated rings. The smallest absolute Gasteiger partial charge is 0.311 e. The second-order valence-corrected chi connectivity index (χ2v) is 5.63. The van der Waals surface area contributed by atoms with E-state index in [4.69, 9.17) is 4.74 Å². The number of rotatable bonds is 7. The van der Waals surface area contributed by atoms with Gasteiger partial charge in [-0.25, -0.2) is 0 Å². The number of nitro groups is 1. The van der Waals surface area contributed by atoms with Crippen molar-refractivity contribution in [3.05, 3.63) is 33.9 Å². The van der Waals surface area contributed by atoms with Gasteiger partial charge in [0.2, 0.25) is 0 Å². The van der Waals surface area contributed by atoms with E-state index in [-0.39, 0.29) is 35.3 Å². The third-order valence-corrected chi connectivity index (χ3v) is 3.95. The minimum atomic E-state index is -0.532. The minimum Gasteiger partial charge on any atom is -0.487 e. The maximum atomic E-state index is 12.1. The number of nitro benzene ring substituents is 1. The fraction of sp³-hybridized carbons (Fsp3) is 0.562. The van der Waals surface area contributed by atoms with Crippen molar-refractivity contribution in [1.82, 2.24) is 10.6 Å². The molecule has 0 aliphatic carbocycles. The average molecular weight is 358 g/mol. The van der Waals surface area contributed by atoms with Crippen molar-refractivity contribution in [3.8, 4) is 5.75 Å². The second-order valence-electron chi connectivity index (χ2n) is 5.63. The second kappa shape index (κ2) is 10.1. The SMILES string of the molecule is CCOc1ccc(C(=O)NCCC2CCCNC2)cc1[N+](=O)[O-].Cl. The zero-order chi connectivity index (χ0) is 16.7. The average Bonchev–Trinajstić information content (AvgIpc) is 2.56. The molecule has 1 aliphatic rings. The van der Waals surface area contributed by atoms with Gasteiger partial charge in [0.05, 0.1) is 11.5 Å². The molecular weight excluding hydrogens is 334 g/mol. The zero-order valence-electron chi connectivity index (χ0n) is 13.7. The van der Waals surface area contributed by atoms with E-state index in [0.717, 1.165) is 19.5 Å². The maximum absolute atomic E-state index is 12.1. The zero-order valence-corrected chi connectivity index (χ0v) is 14.6. The summed E-state index contributed by atoms with van der Waals surface area (Å²) >= 11 is 0. The normalized spacial score (nSPS) is 16.8. The van der Waals surface area contributed by atoms with Crippen LogP contribution in [0.15, 0.2) is 18.2 Å². The fourth-order valence-electron chi connectivity index (χ4n) is 2.74. The van der Waals surface area contributed by atoms with Crippen LogP contribution in [0.1, 0.15) is 36.5 Å². The van der Waals surface area contributed by atoms with Crippen molar-refractivity contribution >= 4 is 24.0 Å². The quantitative estimate of drug-likeness (QED) is 0.577. The van der Waals surface area contributed by atoms with Crippen molar-refractivity contribution in [2.75, 3.05) is 26.2 Å². The topological polar surface area (TPSA) is 93.5 Å². The Morgan fingerprint density at radius 2 is 2.29 bits per heavy atom. The first-order chi connectivity index (χ1) is 11.1. The number of halogens is 1. The highest BCUT2D eigenvalue weighted by Gasteiger charge is 2.19. The molecule has 2 rings (SSSR count). The van der Waals surface area contributed by atoms with Gasteiger partial charge in [0, 0.05) is 18.2 Å². The molecule has 1 aromatic rings. The predicted octanol–water partition coefficient (Wildman–Crippen LogP) is 2.53. The van der Waals surface area contributed by atoms with E-state index in [1.807, 2.05) is 0 Å². The molecule has 1 aliphatic heterocycles. The van der Waals surface area contributed by atoms with E-state index in [9.17, 15) is 14.9 Å². The first kappa shape index (κ1) is 20.2. The lowest BCUT2D eigenvalue weighted by Crippen LogP contribution is -2.33. The van der Waals surface area contributed by atoms with Crippen LogP contribution >= 0.6 is 12.4 Å². The van der Waals surface area contributed by atoms with Crippen LogP contribution in [0.4, 0.5) is 5.69 Å². The maximum Gasteiger partial charge on any atom is 0.311 e. The van der Waals surface area contributed by atoms with E-state index >= 15 is 0 Å². The van der Waals surface area contributed by atoms with Crippen LogP contribution in [0.2, 0.25) is 0 Å². The van der Waals surface area contributed by atoms with Gasteiger partial charge in [-0.05, 0) is 57.3 Å². The highest BCUT2D eigenvalue weighted by atomic mass is 35.5. The van der Waals surface area contributed by atoms with Gasteiger partial charge >= 0.3 is 5.69 Å². The molecule has 1 aromatic carbocycles. The number of nitrogens with one attached hydrogen (secondary N) is 2. The molecule has 7 nitrogen and oxygen atoms in total. The van der Waals surface area contributed by atoms with Gasteiger partial charge in [0.25, 0.3) is 5.91 Å². The van der Waals surface area contributed by atoms with Crippen molar-refractivity contribution in [1.29, 1.82) is 0 Å². The molecule has 8 heteroatoms. The van der Waals surface area contributed by atoms with Gasteiger partial charge in [0.15, 0.2) is 5.75 Å². The number of nitrogens with zero attached hydrogens (tertiary/aromatic N) is 1. The molecular formula is C16H24ClN3O4. The summed E-state index contributed by atoms with van der Waals surface area (Å²) in [5, 5.41) is 17.3. The minimum absolute atomic E-state index is 0. The number of piperidine rings is 1. The summed E-state index contributed by atoms with van der Waals surface area (Å²) in [6.07, 6.45) is 3.26. The van der Waals surface area contributed by atoms with Crippen LogP contribution in [0.3, 0.4) is 0 Å². The predicted molar refractivity (Wildman–Crippen MR) is 94.1 cm³/mol. The molecule has 1 atom stereocenters. The highest BCUT2D eigenvalue weighted by Crippen LogP contribution is 2.28. The molecule has 1 heterocycles. The first-order valence-electron chi connectivity index (χ1n) is 8.02. The van der Waals surface area contributed by atoms with Gasteiger partial charge in [-0.2, -0.15) is 0 Å². The van der Waals surface area contributed by atoms with E-state index in [0.29, 0.717) is 19.1 Å². The molecule has 24 heavy (non-hydrogen) atoms. The van der Waals surface area contributed by atoms with Crippen molar-refractivity contribution in [2.24, 2.45) is 5.92 Å². The van der Waals surface area contributed by atoms with Gasteiger partial charge in [-0.3, -0.25) is 14.9 Å². The van der Waals surface area contributed by atoms with Crippen LogP contribution in [-0.4, -0.2) is 37.1 Å². The molecule has 0 saturated carbocycles. The van der Waals surface area contributed by atoms with E-state index in [1.165, 1.54) is 25.0 Å². The molecule has 0 radical (unpaired) electrons. The number of benzene rings is 1. The standard InChI is InChI=1S/C16H23N3O4.ClH/c1-2-23-15-6-5-13(10-14(15)19(21)22)16(20)18-9-7-12-4-3-8-17-11-12;/h5-6,10,12,17H,2-4,7-9,11H2,1H3,(H,18,20);1H. The first-order valence-corrected chi connectivity index (χ1v) is 8.02. The molecule has 0 spiro atoms. The Balaban J connectivity index is 0.00000288. The highest BCUT2D eigenvalue weighted by molar-refractivity contribution is 5.95. The third-order valence-electron chi connectivity index (χ3n) is 3.95. The number of hydrogen-bond donors (Lipinski definition) is 2. The van der Waals surface area contributed by atoms with Gasteiger partial charge < -0.3 is 15.4 Å². The summed E-state index contributed by atoms with van der Waals surface area (Å²) in [6, 6.07) is 4.29. The monoisotopic (exact) mass is 357 g/mol. The number of carbonyl (C=O) groups excluding carboxylic acids is 1. The van der Waals surface area contributed by atoms with Crippen molar-refractivity contribution in [2.45, 2.75) is 26.2 Å². The lowest BCUT2D eigenvalue weighted by molar-refractivity contribution is -0.385. The van der Waals surface area contributed by atoms with Crippen molar-refractivity contribution < 1.29 is 14.5 Å². The number of carbonyl (C=O) groups is 1. The van der Waals surface area contributed by atoms with E-state index in [2.05, 4.69) is 10.6 Å². The summed E-state index contributed by atoms with van der Waals surface area (Å²) in [4.78, 5) is 22.7. The number of amides is 1. The van der Waals surface area contributed by atoms with Crippen LogP contribution in [0.5, 0.6) is 5.75 Å². The van der Waals surface area contributed by atoms with Crippen LogP contribution < -0.4 is 15.4 Å². The van der Waals surface area contributed by atoms with Crippen LogP contribution in [0.25, 0.3) is 0 Å². The number of ether oxygens (including phenoxy) is 1. The van der Waals surface area contributed by atoms with Gasteiger partial charge in [0.1, 0.15) is 0 Å². The Morgan fingerprint density at radius 3 is 2.92 bits per heavy atom. The summed E-state index contributed by atoms with van der Waals surface area (Å²) < 4.78 is 5.21. The Kier molecular flexibility index (Phi) is 8.49. The summed E-state index contributed by atoms with van der Waals surface area (Å²) in [7, 11) is 0. The molecule has 134 valence electrons. The number of hydrogen-bond acceptors (Lipinski definition) is 5. The summed E-state index contributed by atoms with van der Waals surface area (Å²) in [5.41, 5.74) is 0.0953. The Labute approximate surface area is 147 Å². The lowest BCUT2D eigenvalue weighted by atomic mass is 9.96. The molecule has 1 saturated heterocycles. The van der Waals surface area contributed by atoms with Crippen LogP contribution in [-0.2, 0) is 0 Å². The Morgan fingerprint density at radius 1 is 1.50 bits per heavy atom. The van der Waals surface area contributed by atoms with E-state index < -0.39 is 4.92 Å². The molecule has 0 aromatic heterocycles. The third kappa shape index (κ3) is 5.65. The van der Waals surface area contributed by atoms with Crippen molar-refractivity contribution in [3.63, 3.8) is 0 Å². The van der Waals surface area contributed by atoms with Gasteiger partial charge in [-0.1, -0.05) is 0 Å². The molecule has 2 N–H and O–H groups in total. The lowest BCUT2D eigenvalue weighted by Gasteiger charge is -2.22.